The zero-order valence-corrected chi connectivity index (χ0v) is 12.4. The van der Waals surface area contributed by atoms with Crippen LogP contribution in [0.2, 0.25) is 5.02 Å². The Morgan fingerprint density at radius 1 is 1.39 bits per heavy atom. The first-order valence-corrected chi connectivity index (χ1v) is 7.73. The first-order valence-electron chi connectivity index (χ1n) is 5.70. The highest BCUT2D eigenvalue weighted by molar-refractivity contribution is 7.89. The zero-order valence-electron chi connectivity index (χ0n) is 10.8. The number of benzene rings is 1. The molecule has 0 radical (unpaired) electrons. The van der Waals surface area contributed by atoms with Crippen LogP contribution in [0.1, 0.15) is 18.1 Å². The highest BCUT2D eigenvalue weighted by Crippen LogP contribution is 2.26. The van der Waals surface area contributed by atoms with Gasteiger partial charge in [0.25, 0.3) is 0 Å². The molecule has 0 heterocycles. The summed E-state index contributed by atoms with van der Waals surface area (Å²) in [6, 6.07) is 3.67. The van der Waals surface area contributed by atoms with Crippen molar-refractivity contribution in [3.05, 3.63) is 28.3 Å². The van der Waals surface area contributed by atoms with E-state index in [0.717, 1.165) is 16.9 Å². The van der Waals surface area contributed by atoms with E-state index in [-0.39, 0.29) is 5.75 Å². The van der Waals surface area contributed by atoms with Gasteiger partial charge < -0.3 is 4.74 Å². The molecule has 1 N–H and O–H groups in total. The molecule has 6 heteroatoms. The van der Waals surface area contributed by atoms with Gasteiger partial charge in [-0.1, -0.05) is 11.6 Å². The summed E-state index contributed by atoms with van der Waals surface area (Å²) in [5, 5.41) is 0.657. The number of aryl methyl sites for hydroxylation is 1. The Labute approximate surface area is 113 Å². The molecule has 0 unspecified atom stereocenters. The van der Waals surface area contributed by atoms with Crippen molar-refractivity contribution in [1.82, 2.24) is 4.72 Å². The summed E-state index contributed by atoms with van der Waals surface area (Å²) in [7, 11) is -1.57. The van der Waals surface area contributed by atoms with Crippen molar-refractivity contribution in [2.45, 2.75) is 20.3 Å². The molecule has 1 aromatic rings. The van der Waals surface area contributed by atoms with Crippen molar-refractivity contribution in [3.8, 4) is 5.75 Å². The van der Waals surface area contributed by atoms with Crippen molar-refractivity contribution >= 4 is 21.6 Å². The molecule has 0 spiro atoms. The molecular formula is C12H18ClNO3S. The maximum Gasteiger partial charge on any atom is 0.211 e. The van der Waals surface area contributed by atoms with Crippen LogP contribution >= 0.6 is 11.6 Å². The number of hydrogen-bond donors (Lipinski definition) is 1. The van der Waals surface area contributed by atoms with E-state index in [1.165, 1.54) is 0 Å². The number of rotatable bonds is 6. The fourth-order valence-electron chi connectivity index (χ4n) is 1.52. The molecule has 0 amide bonds. The first kappa shape index (κ1) is 15.3. The Morgan fingerprint density at radius 2 is 2.06 bits per heavy atom. The van der Waals surface area contributed by atoms with E-state index < -0.39 is 10.0 Å². The lowest BCUT2D eigenvalue weighted by molar-refractivity contribution is 0.409. The van der Waals surface area contributed by atoms with Crippen LogP contribution in [0.15, 0.2) is 12.1 Å². The average molecular weight is 292 g/mol. The van der Waals surface area contributed by atoms with Crippen molar-refractivity contribution in [2.75, 3.05) is 19.4 Å². The predicted molar refractivity (Wildman–Crippen MR) is 73.9 cm³/mol. The summed E-state index contributed by atoms with van der Waals surface area (Å²) < 4.78 is 30.4. The quantitative estimate of drug-likeness (QED) is 0.874. The number of ether oxygens (including phenoxy) is 1. The molecule has 0 aromatic heterocycles. The maximum atomic E-state index is 11.3. The lowest BCUT2D eigenvalue weighted by Gasteiger charge is -2.11. The van der Waals surface area contributed by atoms with Gasteiger partial charge in [-0.3, -0.25) is 0 Å². The molecule has 0 aliphatic heterocycles. The second-order valence-electron chi connectivity index (χ2n) is 3.96. The molecular weight excluding hydrogens is 274 g/mol. The predicted octanol–water partition coefficient (Wildman–Crippen LogP) is 2.14. The number of sulfonamides is 1. The standard InChI is InChI=1S/C12H18ClNO3S/c1-4-18(15,16)14-6-5-10-8-11(13)9(2)7-12(10)17-3/h7-8,14H,4-6H2,1-3H3. The Morgan fingerprint density at radius 3 is 2.61 bits per heavy atom. The molecule has 0 aliphatic carbocycles. The molecule has 1 rings (SSSR count). The van der Waals surface area contributed by atoms with Crippen LogP contribution in [-0.2, 0) is 16.4 Å². The van der Waals surface area contributed by atoms with E-state index in [1.807, 2.05) is 19.1 Å². The van der Waals surface area contributed by atoms with Gasteiger partial charge in [-0.15, -0.1) is 0 Å². The lowest BCUT2D eigenvalue weighted by atomic mass is 10.1. The van der Waals surface area contributed by atoms with Gasteiger partial charge in [0.15, 0.2) is 0 Å². The smallest absolute Gasteiger partial charge is 0.211 e. The highest BCUT2D eigenvalue weighted by atomic mass is 35.5. The van der Waals surface area contributed by atoms with E-state index in [0.29, 0.717) is 18.0 Å². The van der Waals surface area contributed by atoms with Crippen LogP contribution in [0.3, 0.4) is 0 Å². The minimum atomic E-state index is -3.15. The average Bonchev–Trinajstić information content (AvgIpc) is 2.33. The molecule has 0 saturated heterocycles. The monoisotopic (exact) mass is 291 g/mol. The fraction of sp³-hybridized carbons (Fsp3) is 0.500. The Bertz CT molecular complexity index is 514. The van der Waals surface area contributed by atoms with Gasteiger partial charge in [0.05, 0.1) is 12.9 Å². The molecule has 1 aromatic carbocycles. The number of nitrogens with one attached hydrogen (secondary N) is 1. The third-order valence-electron chi connectivity index (χ3n) is 2.66. The van der Waals surface area contributed by atoms with Crippen LogP contribution in [0.5, 0.6) is 5.75 Å². The van der Waals surface area contributed by atoms with Crippen LogP contribution in [0.25, 0.3) is 0 Å². The van der Waals surface area contributed by atoms with Gasteiger partial charge in [0.1, 0.15) is 5.75 Å². The summed E-state index contributed by atoms with van der Waals surface area (Å²) >= 11 is 6.04. The second-order valence-corrected chi connectivity index (χ2v) is 6.46. The van der Waals surface area contributed by atoms with Crippen molar-refractivity contribution in [2.24, 2.45) is 0 Å². The number of hydrogen-bond acceptors (Lipinski definition) is 3. The van der Waals surface area contributed by atoms with Gasteiger partial charge in [-0.05, 0) is 43.5 Å². The second kappa shape index (κ2) is 6.41. The van der Waals surface area contributed by atoms with Gasteiger partial charge in [0.2, 0.25) is 10.0 Å². The van der Waals surface area contributed by atoms with E-state index in [2.05, 4.69) is 4.72 Å². The van der Waals surface area contributed by atoms with Crippen molar-refractivity contribution in [3.63, 3.8) is 0 Å². The third kappa shape index (κ3) is 4.15. The molecule has 102 valence electrons. The number of halogens is 1. The van der Waals surface area contributed by atoms with Crippen LogP contribution in [0, 0.1) is 6.92 Å². The molecule has 0 fully saturated rings. The molecule has 18 heavy (non-hydrogen) atoms. The fourth-order valence-corrected chi connectivity index (χ4v) is 2.33. The normalized spacial score (nSPS) is 11.6. The number of methoxy groups -OCH3 is 1. The lowest BCUT2D eigenvalue weighted by Crippen LogP contribution is -2.27. The Balaban J connectivity index is 2.76. The minimum absolute atomic E-state index is 0.0821. The third-order valence-corrected chi connectivity index (χ3v) is 4.47. The molecule has 0 aliphatic rings. The van der Waals surface area contributed by atoms with Crippen molar-refractivity contribution < 1.29 is 13.2 Å². The summed E-state index contributed by atoms with van der Waals surface area (Å²) in [6.07, 6.45) is 0.544. The van der Waals surface area contributed by atoms with Crippen LogP contribution in [0.4, 0.5) is 0 Å². The molecule has 0 bridgehead atoms. The maximum absolute atomic E-state index is 11.3. The van der Waals surface area contributed by atoms with Crippen LogP contribution in [-0.4, -0.2) is 27.8 Å². The van der Waals surface area contributed by atoms with Crippen LogP contribution < -0.4 is 9.46 Å². The first-order chi connectivity index (χ1) is 8.39. The van der Waals surface area contributed by atoms with Gasteiger partial charge in [-0.2, -0.15) is 0 Å². The Kier molecular flexibility index (Phi) is 5.44. The van der Waals surface area contributed by atoms with E-state index in [9.17, 15) is 8.42 Å². The summed E-state index contributed by atoms with van der Waals surface area (Å²) in [5.74, 6) is 0.811. The van der Waals surface area contributed by atoms with Gasteiger partial charge >= 0.3 is 0 Å². The van der Waals surface area contributed by atoms with Gasteiger partial charge in [0, 0.05) is 11.6 Å². The topological polar surface area (TPSA) is 55.4 Å². The van der Waals surface area contributed by atoms with Gasteiger partial charge in [-0.25, -0.2) is 13.1 Å². The molecule has 4 nitrogen and oxygen atoms in total. The van der Waals surface area contributed by atoms with E-state index in [4.69, 9.17) is 16.3 Å². The summed E-state index contributed by atoms with van der Waals surface area (Å²) in [4.78, 5) is 0. The molecule has 0 atom stereocenters. The SMILES string of the molecule is CCS(=O)(=O)NCCc1cc(Cl)c(C)cc1OC. The largest absolute Gasteiger partial charge is 0.496 e. The zero-order chi connectivity index (χ0) is 13.8. The minimum Gasteiger partial charge on any atom is -0.496 e. The van der Waals surface area contributed by atoms with E-state index in [1.54, 1.807) is 14.0 Å². The van der Waals surface area contributed by atoms with E-state index >= 15 is 0 Å². The molecule has 0 saturated carbocycles. The highest BCUT2D eigenvalue weighted by Gasteiger charge is 2.09. The van der Waals surface area contributed by atoms with Crippen molar-refractivity contribution in [1.29, 1.82) is 0 Å². The summed E-state index contributed by atoms with van der Waals surface area (Å²) in [5.41, 5.74) is 1.83. The Hall–Kier alpha value is -0.780. The summed E-state index contributed by atoms with van der Waals surface area (Å²) in [6.45, 7) is 3.84.